The summed E-state index contributed by atoms with van der Waals surface area (Å²) in [6.45, 7) is 14.5. The summed E-state index contributed by atoms with van der Waals surface area (Å²) in [7, 11) is 0. The van der Waals surface area contributed by atoms with Crippen LogP contribution in [0.3, 0.4) is 0 Å². The highest BCUT2D eigenvalue weighted by Gasteiger charge is 2.22. The molecule has 0 radical (unpaired) electrons. The molecule has 1 fully saturated rings. The topological polar surface area (TPSA) is 73.6 Å². The fourth-order valence-corrected chi connectivity index (χ4v) is 4.84. The summed E-state index contributed by atoms with van der Waals surface area (Å²) in [5, 5.41) is 13.5. The van der Waals surface area contributed by atoms with Crippen molar-refractivity contribution in [2.24, 2.45) is 0 Å². The molecule has 186 valence electrons. The van der Waals surface area contributed by atoms with E-state index in [9.17, 15) is 9.90 Å². The maximum absolute atomic E-state index is 12.9. The zero-order valence-electron chi connectivity index (χ0n) is 21.5. The van der Waals surface area contributed by atoms with Crippen molar-refractivity contribution < 1.29 is 9.90 Å². The van der Waals surface area contributed by atoms with Gasteiger partial charge in [0.25, 0.3) is 5.91 Å². The Labute approximate surface area is 208 Å². The number of nitrogens with zero attached hydrogens (tertiary/aromatic N) is 4. The van der Waals surface area contributed by atoms with E-state index in [-0.39, 0.29) is 12.5 Å². The number of aromatic nitrogens is 2. The monoisotopic (exact) mass is 475 g/mol. The fraction of sp³-hybridized carbons (Fsp3) is 0.429. The Balaban J connectivity index is 1.29. The number of piperazine rings is 1. The van der Waals surface area contributed by atoms with E-state index in [0.717, 1.165) is 43.4 Å². The summed E-state index contributed by atoms with van der Waals surface area (Å²) in [4.78, 5) is 22.0. The molecule has 0 bridgehead atoms. The van der Waals surface area contributed by atoms with E-state index in [2.05, 4.69) is 52.1 Å². The van der Waals surface area contributed by atoms with Crippen LogP contribution in [0.15, 0.2) is 42.5 Å². The molecule has 1 saturated heterocycles. The fourth-order valence-electron chi connectivity index (χ4n) is 4.84. The number of anilines is 1. The van der Waals surface area contributed by atoms with E-state index >= 15 is 0 Å². The van der Waals surface area contributed by atoms with Crippen LogP contribution in [0, 0.1) is 34.6 Å². The van der Waals surface area contributed by atoms with Crippen LogP contribution in [-0.2, 0) is 0 Å². The van der Waals surface area contributed by atoms with Gasteiger partial charge in [-0.1, -0.05) is 29.8 Å². The molecular formula is C28H37N5O2. The molecule has 4 rings (SSSR count). The number of amides is 1. The number of hydrogen-bond acceptors (Lipinski definition) is 5. The minimum absolute atomic E-state index is 0.200. The number of aliphatic hydroxyl groups excluding tert-OH is 1. The van der Waals surface area contributed by atoms with Gasteiger partial charge in [-0.3, -0.25) is 9.69 Å². The molecule has 0 aliphatic carbocycles. The number of β-amino-alcohol motifs (C(OH)–C–C–N with tert-alkyl or cyclic N) is 1. The van der Waals surface area contributed by atoms with Gasteiger partial charge in [0.1, 0.15) is 11.5 Å². The molecule has 1 aliphatic rings. The zero-order valence-corrected chi connectivity index (χ0v) is 21.5. The van der Waals surface area contributed by atoms with Crippen LogP contribution in [0.5, 0.6) is 0 Å². The van der Waals surface area contributed by atoms with Crippen molar-refractivity contribution >= 4 is 11.6 Å². The number of nitrogens with one attached hydrogen (secondary N) is 1. The first kappa shape index (κ1) is 24.9. The van der Waals surface area contributed by atoms with Crippen LogP contribution in [-0.4, -0.2) is 70.8 Å². The van der Waals surface area contributed by atoms with Gasteiger partial charge in [0.05, 0.1) is 11.8 Å². The maximum atomic E-state index is 12.9. The Hall–Kier alpha value is -3.16. The molecule has 1 unspecified atom stereocenters. The molecule has 1 amide bonds. The second-order valence-corrected chi connectivity index (χ2v) is 9.63. The molecule has 0 saturated carbocycles. The van der Waals surface area contributed by atoms with Gasteiger partial charge >= 0.3 is 0 Å². The van der Waals surface area contributed by atoms with Gasteiger partial charge in [0.2, 0.25) is 0 Å². The lowest BCUT2D eigenvalue weighted by atomic mass is 10.1. The van der Waals surface area contributed by atoms with Crippen LogP contribution in [0.2, 0.25) is 0 Å². The summed E-state index contributed by atoms with van der Waals surface area (Å²) >= 11 is 0. The smallest absolute Gasteiger partial charge is 0.271 e. The highest BCUT2D eigenvalue weighted by molar-refractivity contribution is 5.93. The highest BCUT2D eigenvalue weighted by atomic mass is 16.3. The normalized spacial score (nSPS) is 15.3. The Morgan fingerprint density at radius 2 is 1.69 bits per heavy atom. The molecule has 2 heterocycles. The van der Waals surface area contributed by atoms with Crippen molar-refractivity contribution in [2.75, 3.05) is 44.2 Å². The van der Waals surface area contributed by atoms with Crippen LogP contribution in [0.4, 0.5) is 5.69 Å². The number of aryl methyl sites for hydroxylation is 3. The standard InChI is InChI=1S/C28H37N5O2/c1-19-9-11-24(12-10-19)33-22(4)27(30-23(33)5)28(35)29-17-25(34)18-31-13-15-32(16-14-31)26-8-6-7-20(2)21(26)3/h6-12,25,34H,13-18H2,1-5H3,(H,29,35). The third-order valence-corrected chi connectivity index (χ3v) is 7.04. The Morgan fingerprint density at radius 3 is 2.37 bits per heavy atom. The van der Waals surface area contributed by atoms with Crippen molar-refractivity contribution in [3.05, 3.63) is 76.4 Å². The molecule has 7 heteroatoms. The van der Waals surface area contributed by atoms with Crippen LogP contribution >= 0.6 is 0 Å². The maximum Gasteiger partial charge on any atom is 0.271 e. The van der Waals surface area contributed by atoms with Gasteiger partial charge in [0.15, 0.2) is 0 Å². The zero-order chi connectivity index (χ0) is 25.1. The highest BCUT2D eigenvalue weighted by Crippen LogP contribution is 2.24. The van der Waals surface area contributed by atoms with Crippen molar-refractivity contribution in [1.29, 1.82) is 0 Å². The van der Waals surface area contributed by atoms with Gasteiger partial charge in [0, 0.05) is 50.6 Å². The third kappa shape index (κ3) is 5.57. The quantitative estimate of drug-likeness (QED) is 0.548. The van der Waals surface area contributed by atoms with E-state index in [4.69, 9.17) is 0 Å². The van der Waals surface area contributed by atoms with E-state index in [1.807, 2.05) is 49.6 Å². The minimum atomic E-state index is -0.633. The van der Waals surface area contributed by atoms with Gasteiger partial charge in [-0.2, -0.15) is 0 Å². The predicted octanol–water partition coefficient (Wildman–Crippen LogP) is 3.33. The second kappa shape index (κ2) is 10.6. The first-order chi connectivity index (χ1) is 16.7. The second-order valence-electron chi connectivity index (χ2n) is 9.63. The Morgan fingerprint density at radius 1 is 1.00 bits per heavy atom. The summed E-state index contributed by atoms with van der Waals surface area (Å²) in [6, 6.07) is 14.6. The molecule has 7 nitrogen and oxygen atoms in total. The number of imidazole rings is 1. The molecule has 1 aliphatic heterocycles. The molecular weight excluding hydrogens is 438 g/mol. The Kier molecular flexibility index (Phi) is 7.57. The van der Waals surface area contributed by atoms with Crippen molar-refractivity contribution in [3.63, 3.8) is 0 Å². The molecule has 2 N–H and O–H groups in total. The van der Waals surface area contributed by atoms with Gasteiger partial charge in [-0.05, 0) is 63.9 Å². The largest absolute Gasteiger partial charge is 0.390 e. The van der Waals surface area contributed by atoms with Gasteiger partial charge < -0.3 is 19.9 Å². The third-order valence-electron chi connectivity index (χ3n) is 7.04. The van der Waals surface area contributed by atoms with Gasteiger partial charge in [-0.15, -0.1) is 0 Å². The Bertz CT molecular complexity index is 1180. The first-order valence-electron chi connectivity index (χ1n) is 12.4. The average molecular weight is 476 g/mol. The predicted molar refractivity (Wildman–Crippen MR) is 141 cm³/mol. The number of aliphatic hydroxyl groups is 1. The summed E-state index contributed by atoms with van der Waals surface area (Å²) < 4.78 is 1.99. The number of rotatable bonds is 7. The summed E-state index contributed by atoms with van der Waals surface area (Å²) in [5.41, 5.74) is 7.30. The summed E-state index contributed by atoms with van der Waals surface area (Å²) in [5.74, 6) is 0.508. The molecule has 0 spiro atoms. The first-order valence-corrected chi connectivity index (χ1v) is 12.4. The van der Waals surface area contributed by atoms with Crippen molar-refractivity contribution in [2.45, 2.75) is 40.7 Å². The molecule has 3 aromatic rings. The van der Waals surface area contributed by atoms with Crippen molar-refractivity contribution in [1.82, 2.24) is 19.8 Å². The minimum Gasteiger partial charge on any atom is -0.390 e. The van der Waals surface area contributed by atoms with E-state index < -0.39 is 6.10 Å². The SMILES string of the molecule is Cc1ccc(-n2c(C)nc(C(=O)NCC(O)CN3CCN(c4cccc(C)c4C)CC3)c2C)cc1. The molecule has 2 aromatic carbocycles. The van der Waals surface area contributed by atoms with Gasteiger partial charge in [-0.25, -0.2) is 4.98 Å². The lowest BCUT2D eigenvalue weighted by Gasteiger charge is -2.37. The lowest BCUT2D eigenvalue weighted by molar-refractivity contribution is 0.0847. The van der Waals surface area contributed by atoms with E-state index in [1.165, 1.54) is 22.4 Å². The summed E-state index contributed by atoms with van der Waals surface area (Å²) in [6.07, 6.45) is -0.633. The van der Waals surface area contributed by atoms with Crippen LogP contribution < -0.4 is 10.2 Å². The number of carbonyl (C=O) groups is 1. The number of benzene rings is 2. The average Bonchev–Trinajstić information content (AvgIpc) is 3.14. The molecule has 35 heavy (non-hydrogen) atoms. The molecule has 1 aromatic heterocycles. The van der Waals surface area contributed by atoms with Crippen LogP contribution in [0.1, 0.15) is 38.7 Å². The van der Waals surface area contributed by atoms with Crippen LogP contribution in [0.25, 0.3) is 5.69 Å². The molecule has 1 atom stereocenters. The number of carbonyl (C=O) groups excluding carboxylic acids is 1. The van der Waals surface area contributed by atoms with Crippen molar-refractivity contribution in [3.8, 4) is 5.69 Å². The number of hydrogen-bond donors (Lipinski definition) is 2. The van der Waals surface area contributed by atoms with E-state index in [1.54, 1.807) is 0 Å². The van der Waals surface area contributed by atoms with E-state index in [0.29, 0.717) is 12.2 Å². The lowest BCUT2D eigenvalue weighted by Crippen LogP contribution is -2.50.